The molecule has 1 aromatic carbocycles. The Labute approximate surface area is 94.3 Å². The molecule has 0 aliphatic heterocycles. The second-order valence-electron chi connectivity index (χ2n) is 2.58. The van der Waals surface area contributed by atoms with Crippen molar-refractivity contribution in [3.05, 3.63) is 22.7 Å². The Morgan fingerprint density at radius 1 is 1.46 bits per heavy atom. The maximum atomic E-state index is 5.27. The van der Waals surface area contributed by atoms with E-state index in [1.165, 1.54) is 4.70 Å². The molecule has 1 aromatic heterocycles. The van der Waals surface area contributed by atoms with Crippen LogP contribution in [0.25, 0.3) is 10.1 Å². The molecule has 1 heterocycles. The molecule has 4 heteroatoms. The average Bonchev–Trinajstić information content (AvgIpc) is 2.40. The summed E-state index contributed by atoms with van der Waals surface area (Å²) in [6.45, 7) is 0. The Balaban J connectivity index is 2.80. The third kappa shape index (κ3) is 1.58. The molecule has 0 fully saturated rings. The van der Waals surface area contributed by atoms with Crippen LogP contribution in [-0.2, 0) is 0 Å². The summed E-state index contributed by atoms with van der Waals surface area (Å²) in [6.07, 6.45) is 0. The third-order valence-electron chi connectivity index (χ3n) is 1.79. The van der Waals surface area contributed by atoms with E-state index in [9.17, 15) is 0 Å². The topological polar surface area (TPSA) is 9.23 Å². The van der Waals surface area contributed by atoms with Gasteiger partial charge in [0, 0.05) is 14.6 Å². The molecular formula is C9H7BrOS2. The van der Waals surface area contributed by atoms with E-state index < -0.39 is 0 Å². The number of ether oxygens (including phenoxy) is 1. The maximum absolute atomic E-state index is 5.27. The minimum Gasteiger partial charge on any atom is -0.494 e. The van der Waals surface area contributed by atoms with Gasteiger partial charge in [-0.3, -0.25) is 0 Å². The van der Waals surface area contributed by atoms with Crippen molar-refractivity contribution in [2.24, 2.45) is 0 Å². The van der Waals surface area contributed by atoms with E-state index in [0.29, 0.717) is 0 Å². The van der Waals surface area contributed by atoms with Crippen LogP contribution in [0.1, 0.15) is 0 Å². The smallest absolute Gasteiger partial charge is 0.150 e. The van der Waals surface area contributed by atoms with Crippen LogP contribution >= 0.6 is 39.9 Å². The van der Waals surface area contributed by atoms with Crippen molar-refractivity contribution in [2.75, 3.05) is 7.11 Å². The SMILES string of the molecule is COc1c(S)sc2ccc(Br)cc12. The zero-order valence-electron chi connectivity index (χ0n) is 6.87. The monoisotopic (exact) mass is 274 g/mol. The molecule has 13 heavy (non-hydrogen) atoms. The van der Waals surface area contributed by atoms with Gasteiger partial charge in [-0.1, -0.05) is 15.9 Å². The molecule has 0 radical (unpaired) electrons. The van der Waals surface area contributed by atoms with Gasteiger partial charge in [0.15, 0.2) is 5.75 Å². The van der Waals surface area contributed by atoms with Gasteiger partial charge in [0.25, 0.3) is 0 Å². The van der Waals surface area contributed by atoms with Crippen molar-refractivity contribution in [3.63, 3.8) is 0 Å². The van der Waals surface area contributed by atoms with Crippen molar-refractivity contribution in [1.82, 2.24) is 0 Å². The molecular weight excluding hydrogens is 268 g/mol. The Bertz CT molecular complexity index is 450. The van der Waals surface area contributed by atoms with Crippen molar-refractivity contribution < 1.29 is 4.74 Å². The molecule has 0 aliphatic rings. The summed E-state index contributed by atoms with van der Waals surface area (Å²) in [5.41, 5.74) is 0. The molecule has 2 rings (SSSR count). The van der Waals surface area contributed by atoms with Gasteiger partial charge in [-0.05, 0) is 18.2 Å². The lowest BCUT2D eigenvalue weighted by Gasteiger charge is -1.97. The van der Waals surface area contributed by atoms with E-state index in [2.05, 4.69) is 34.6 Å². The molecule has 0 saturated carbocycles. The highest BCUT2D eigenvalue weighted by molar-refractivity contribution is 9.10. The van der Waals surface area contributed by atoms with Gasteiger partial charge in [0.05, 0.1) is 7.11 Å². The fourth-order valence-corrected chi connectivity index (χ4v) is 2.99. The lowest BCUT2D eigenvalue weighted by molar-refractivity contribution is 0.413. The van der Waals surface area contributed by atoms with E-state index in [4.69, 9.17) is 4.74 Å². The number of hydrogen-bond acceptors (Lipinski definition) is 3. The molecule has 2 aromatic rings. The van der Waals surface area contributed by atoms with Crippen LogP contribution in [-0.4, -0.2) is 7.11 Å². The highest BCUT2D eigenvalue weighted by Crippen LogP contribution is 2.40. The number of benzene rings is 1. The van der Waals surface area contributed by atoms with Crippen LogP contribution in [0.3, 0.4) is 0 Å². The van der Waals surface area contributed by atoms with Crippen LogP contribution in [0, 0.1) is 0 Å². The van der Waals surface area contributed by atoms with Crippen molar-refractivity contribution in [1.29, 1.82) is 0 Å². The van der Waals surface area contributed by atoms with E-state index >= 15 is 0 Å². The van der Waals surface area contributed by atoms with E-state index in [1.807, 2.05) is 12.1 Å². The van der Waals surface area contributed by atoms with Crippen molar-refractivity contribution >= 4 is 50.0 Å². The molecule has 1 nitrogen and oxygen atoms in total. The Morgan fingerprint density at radius 3 is 2.92 bits per heavy atom. The number of thiol groups is 1. The Hall–Kier alpha value is -0.190. The molecule has 0 amide bonds. The first kappa shape index (κ1) is 9.37. The van der Waals surface area contributed by atoms with Gasteiger partial charge in [-0.15, -0.1) is 24.0 Å². The third-order valence-corrected chi connectivity index (χ3v) is 3.72. The lowest BCUT2D eigenvalue weighted by atomic mass is 10.2. The maximum Gasteiger partial charge on any atom is 0.150 e. The standard InChI is InChI=1S/C9H7BrOS2/c1-11-8-6-4-5(10)2-3-7(6)13-9(8)12/h2-4,12H,1H3. The Morgan fingerprint density at radius 2 is 2.23 bits per heavy atom. The molecule has 0 bridgehead atoms. The molecule has 0 atom stereocenters. The van der Waals surface area contributed by atoms with Gasteiger partial charge in [-0.2, -0.15) is 0 Å². The molecule has 0 N–H and O–H groups in total. The molecule has 68 valence electrons. The predicted molar refractivity (Wildman–Crippen MR) is 63.3 cm³/mol. The number of rotatable bonds is 1. The summed E-state index contributed by atoms with van der Waals surface area (Å²) in [6, 6.07) is 6.13. The van der Waals surface area contributed by atoms with Crippen LogP contribution in [0.2, 0.25) is 0 Å². The summed E-state index contributed by atoms with van der Waals surface area (Å²) < 4.78 is 8.45. The average molecular weight is 275 g/mol. The number of methoxy groups -OCH3 is 1. The van der Waals surface area contributed by atoms with Gasteiger partial charge < -0.3 is 4.74 Å². The minimum absolute atomic E-state index is 0.865. The van der Waals surface area contributed by atoms with Crippen LogP contribution in [0.15, 0.2) is 26.9 Å². The zero-order chi connectivity index (χ0) is 9.42. The second kappa shape index (κ2) is 3.52. The summed E-state index contributed by atoms with van der Waals surface area (Å²) in [5.74, 6) is 0.865. The van der Waals surface area contributed by atoms with Crippen molar-refractivity contribution in [3.8, 4) is 5.75 Å². The highest BCUT2D eigenvalue weighted by atomic mass is 79.9. The number of fused-ring (bicyclic) bond motifs is 1. The molecule has 0 saturated heterocycles. The number of halogens is 1. The normalized spacial score (nSPS) is 10.7. The Kier molecular flexibility index (Phi) is 2.53. The highest BCUT2D eigenvalue weighted by Gasteiger charge is 2.09. The number of thiophene rings is 1. The van der Waals surface area contributed by atoms with E-state index in [0.717, 1.165) is 19.8 Å². The zero-order valence-corrected chi connectivity index (χ0v) is 10.2. The largest absolute Gasteiger partial charge is 0.494 e. The first-order chi connectivity index (χ1) is 6.22. The van der Waals surface area contributed by atoms with Gasteiger partial charge >= 0.3 is 0 Å². The van der Waals surface area contributed by atoms with Crippen LogP contribution in [0.4, 0.5) is 0 Å². The first-order valence-corrected chi connectivity index (χ1v) is 5.73. The predicted octanol–water partition coefficient (Wildman–Crippen LogP) is 3.96. The lowest BCUT2D eigenvalue weighted by Crippen LogP contribution is -1.80. The summed E-state index contributed by atoms with van der Waals surface area (Å²) in [5, 5.41) is 1.12. The minimum atomic E-state index is 0.865. The van der Waals surface area contributed by atoms with Gasteiger partial charge in [0.1, 0.15) is 4.21 Å². The van der Waals surface area contributed by atoms with Crippen molar-refractivity contribution in [2.45, 2.75) is 4.21 Å². The number of hydrogen-bond donors (Lipinski definition) is 1. The second-order valence-corrected chi connectivity index (χ2v) is 5.30. The first-order valence-electron chi connectivity index (χ1n) is 3.67. The van der Waals surface area contributed by atoms with E-state index in [-0.39, 0.29) is 0 Å². The molecule has 0 unspecified atom stereocenters. The van der Waals surface area contributed by atoms with Gasteiger partial charge in [0.2, 0.25) is 0 Å². The molecule has 0 aliphatic carbocycles. The summed E-state index contributed by atoms with van der Waals surface area (Å²) in [7, 11) is 1.67. The molecule has 0 spiro atoms. The summed E-state index contributed by atoms with van der Waals surface area (Å²) >= 11 is 9.41. The quantitative estimate of drug-likeness (QED) is 0.775. The van der Waals surface area contributed by atoms with Crippen LogP contribution < -0.4 is 4.74 Å². The van der Waals surface area contributed by atoms with Crippen LogP contribution in [0.5, 0.6) is 5.75 Å². The fraction of sp³-hybridized carbons (Fsp3) is 0.111. The van der Waals surface area contributed by atoms with Gasteiger partial charge in [-0.25, -0.2) is 0 Å². The van der Waals surface area contributed by atoms with E-state index in [1.54, 1.807) is 18.4 Å². The fourth-order valence-electron chi connectivity index (χ4n) is 1.23. The summed E-state index contributed by atoms with van der Waals surface area (Å²) in [4.78, 5) is 0.